The Kier molecular flexibility index (Phi) is 5.12. The molecular weight excluding hydrogens is 340 g/mol. The molecule has 24 heavy (non-hydrogen) atoms. The largest absolute Gasteiger partial charge is 0.416 e. The standard InChI is InChI=1S/C15H15F6NO2/c16-14(17,18)11-4-10(5-12(6-11)15(19,20)21)13(24)22-3-1-2-9(7-22)8-23/h4-6,9,23H,1-3,7-8H2/t9-/m0/s1. The van der Waals surface area contributed by atoms with Gasteiger partial charge in [0, 0.05) is 25.3 Å². The zero-order valence-electron chi connectivity index (χ0n) is 12.4. The number of aliphatic hydroxyl groups is 1. The summed E-state index contributed by atoms with van der Waals surface area (Å²) in [4.78, 5) is 13.5. The predicted molar refractivity (Wildman–Crippen MR) is 72.2 cm³/mol. The second kappa shape index (κ2) is 6.62. The van der Waals surface area contributed by atoms with E-state index in [0.29, 0.717) is 25.0 Å². The maximum Gasteiger partial charge on any atom is 0.416 e. The van der Waals surface area contributed by atoms with Crippen LogP contribution in [0.1, 0.15) is 34.3 Å². The van der Waals surface area contributed by atoms with Gasteiger partial charge in [-0.2, -0.15) is 26.3 Å². The van der Waals surface area contributed by atoms with Crippen molar-refractivity contribution in [3.8, 4) is 0 Å². The van der Waals surface area contributed by atoms with Gasteiger partial charge in [-0.25, -0.2) is 0 Å². The highest BCUT2D eigenvalue weighted by atomic mass is 19.4. The zero-order valence-corrected chi connectivity index (χ0v) is 12.4. The first-order valence-electron chi connectivity index (χ1n) is 7.22. The van der Waals surface area contributed by atoms with E-state index >= 15 is 0 Å². The number of piperidine rings is 1. The van der Waals surface area contributed by atoms with Gasteiger partial charge in [0.2, 0.25) is 0 Å². The predicted octanol–water partition coefficient (Wildman–Crippen LogP) is 3.57. The van der Waals surface area contributed by atoms with Crippen molar-refractivity contribution in [2.75, 3.05) is 19.7 Å². The topological polar surface area (TPSA) is 40.5 Å². The number of likely N-dealkylation sites (tertiary alicyclic amines) is 1. The third-order valence-electron chi connectivity index (χ3n) is 3.90. The van der Waals surface area contributed by atoms with E-state index in [1.54, 1.807) is 0 Å². The average molecular weight is 355 g/mol. The summed E-state index contributed by atoms with van der Waals surface area (Å²) in [5.74, 6) is -1.12. The highest BCUT2D eigenvalue weighted by Gasteiger charge is 2.38. The number of benzene rings is 1. The first-order valence-corrected chi connectivity index (χ1v) is 7.22. The first-order chi connectivity index (χ1) is 11.0. The Morgan fingerprint density at radius 1 is 1.08 bits per heavy atom. The van der Waals surface area contributed by atoms with E-state index in [-0.39, 0.29) is 31.7 Å². The number of aliphatic hydroxyl groups excluding tert-OH is 1. The lowest BCUT2D eigenvalue weighted by molar-refractivity contribution is -0.143. The van der Waals surface area contributed by atoms with Gasteiger partial charge in [0.25, 0.3) is 5.91 Å². The number of rotatable bonds is 2. The van der Waals surface area contributed by atoms with E-state index in [9.17, 15) is 31.1 Å². The molecule has 0 aromatic heterocycles. The average Bonchev–Trinajstić information content (AvgIpc) is 2.52. The molecule has 0 saturated carbocycles. The minimum absolute atomic E-state index is 0.0104. The zero-order chi connectivity index (χ0) is 18.1. The summed E-state index contributed by atoms with van der Waals surface area (Å²) in [5.41, 5.74) is -3.69. The van der Waals surface area contributed by atoms with Crippen LogP contribution in [0.2, 0.25) is 0 Å². The van der Waals surface area contributed by atoms with Gasteiger partial charge in [-0.05, 0) is 37.0 Å². The minimum atomic E-state index is -4.99. The number of amides is 1. The highest BCUT2D eigenvalue weighted by Crippen LogP contribution is 2.36. The van der Waals surface area contributed by atoms with Gasteiger partial charge in [0.1, 0.15) is 0 Å². The molecule has 1 atom stereocenters. The van der Waals surface area contributed by atoms with Gasteiger partial charge in [0.15, 0.2) is 0 Å². The van der Waals surface area contributed by atoms with Crippen LogP contribution in [0.4, 0.5) is 26.3 Å². The molecule has 1 aliphatic rings. The molecule has 1 saturated heterocycles. The SMILES string of the molecule is O=C(c1cc(C(F)(F)F)cc(C(F)(F)F)c1)N1CCC[C@H](CO)C1. The minimum Gasteiger partial charge on any atom is -0.396 e. The molecule has 1 N–H and O–H groups in total. The Bertz CT molecular complexity index is 579. The molecule has 134 valence electrons. The molecular formula is C15H15F6NO2. The number of hydrogen-bond donors (Lipinski definition) is 1. The van der Waals surface area contributed by atoms with Crippen LogP contribution < -0.4 is 0 Å². The van der Waals surface area contributed by atoms with Crippen molar-refractivity contribution in [2.24, 2.45) is 5.92 Å². The normalized spacial score (nSPS) is 19.5. The van der Waals surface area contributed by atoms with Crippen LogP contribution in [0.15, 0.2) is 18.2 Å². The smallest absolute Gasteiger partial charge is 0.396 e. The Labute approximate surface area is 133 Å². The number of halogens is 6. The van der Waals surface area contributed by atoms with E-state index in [0.717, 1.165) is 0 Å². The van der Waals surface area contributed by atoms with E-state index in [1.807, 2.05) is 0 Å². The van der Waals surface area contributed by atoms with Crippen LogP contribution in [-0.4, -0.2) is 35.6 Å². The van der Waals surface area contributed by atoms with Crippen molar-refractivity contribution in [1.29, 1.82) is 0 Å². The van der Waals surface area contributed by atoms with E-state index in [1.165, 1.54) is 4.90 Å². The fourth-order valence-electron chi connectivity index (χ4n) is 2.66. The molecule has 1 amide bonds. The van der Waals surface area contributed by atoms with Gasteiger partial charge >= 0.3 is 12.4 Å². The molecule has 1 heterocycles. The van der Waals surface area contributed by atoms with E-state index in [2.05, 4.69) is 0 Å². The summed E-state index contributed by atoms with van der Waals surface area (Å²) in [5, 5.41) is 9.13. The first kappa shape index (κ1) is 18.6. The molecule has 3 nitrogen and oxygen atoms in total. The third kappa shape index (κ3) is 4.19. The number of carbonyl (C=O) groups is 1. The Hall–Kier alpha value is -1.77. The van der Waals surface area contributed by atoms with Crippen molar-refractivity contribution in [1.82, 2.24) is 4.90 Å². The number of hydrogen-bond acceptors (Lipinski definition) is 2. The van der Waals surface area contributed by atoms with Crippen LogP contribution in [0, 0.1) is 5.92 Å². The van der Waals surface area contributed by atoms with Gasteiger partial charge in [0.05, 0.1) is 11.1 Å². The molecule has 1 fully saturated rings. The summed E-state index contributed by atoms with van der Waals surface area (Å²) in [6.07, 6.45) is -8.81. The van der Waals surface area contributed by atoms with Crippen molar-refractivity contribution in [3.63, 3.8) is 0 Å². The fraction of sp³-hybridized carbons (Fsp3) is 0.533. The van der Waals surface area contributed by atoms with Gasteiger partial charge < -0.3 is 10.0 Å². The van der Waals surface area contributed by atoms with Crippen LogP contribution >= 0.6 is 0 Å². The second-order valence-corrected chi connectivity index (χ2v) is 5.74. The van der Waals surface area contributed by atoms with E-state index < -0.39 is 35.0 Å². The number of carbonyl (C=O) groups excluding carboxylic acids is 1. The van der Waals surface area contributed by atoms with Gasteiger partial charge in [-0.15, -0.1) is 0 Å². The molecule has 0 radical (unpaired) electrons. The lowest BCUT2D eigenvalue weighted by Gasteiger charge is -2.32. The molecule has 0 unspecified atom stereocenters. The number of nitrogens with zero attached hydrogens (tertiary/aromatic N) is 1. The highest BCUT2D eigenvalue weighted by molar-refractivity contribution is 5.94. The van der Waals surface area contributed by atoms with Gasteiger partial charge in [-0.1, -0.05) is 0 Å². The van der Waals surface area contributed by atoms with Crippen molar-refractivity contribution < 1.29 is 36.2 Å². The van der Waals surface area contributed by atoms with Crippen molar-refractivity contribution >= 4 is 5.91 Å². The summed E-state index contributed by atoms with van der Waals surface area (Å²) in [7, 11) is 0. The third-order valence-corrected chi connectivity index (χ3v) is 3.90. The van der Waals surface area contributed by atoms with E-state index in [4.69, 9.17) is 5.11 Å². The van der Waals surface area contributed by atoms with Crippen LogP contribution in [0.5, 0.6) is 0 Å². The Balaban J connectivity index is 2.39. The maximum atomic E-state index is 12.8. The molecule has 1 aromatic rings. The molecule has 1 aromatic carbocycles. The quantitative estimate of drug-likeness (QED) is 0.824. The lowest BCUT2D eigenvalue weighted by Crippen LogP contribution is -2.41. The monoisotopic (exact) mass is 355 g/mol. The van der Waals surface area contributed by atoms with Crippen molar-refractivity contribution in [3.05, 3.63) is 34.9 Å². The molecule has 2 rings (SSSR count). The summed E-state index contributed by atoms with van der Waals surface area (Å²) in [6.45, 7) is 0.139. The van der Waals surface area contributed by atoms with Crippen molar-refractivity contribution in [2.45, 2.75) is 25.2 Å². The Morgan fingerprint density at radius 3 is 2.08 bits per heavy atom. The molecule has 0 spiro atoms. The molecule has 1 aliphatic heterocycles. The van der Waals surface area contributed by atoms with Gasteiger partial charge in [-0.3, -0.25) is 4.79 Å². The Morgan fingerprint density at radius 2 is 1.62 bits per heavy atom. The molecule has 0 aliphatic carbocycles. The molecule has 0 bridgehead atoms. The molecule has 9 heteroatoms. The summed E-state index contributed by atoms with van der Waals surface area (Å²) in [6, 6.07) is 0.851. The number of alkyl halides is 6. The maximum absolute atomic E-state index is 12.8. The lowest BCUT2D eigenvalue weighted by atomic mass is 9.97. The fourth-order valence-corrected chi connectivity index (χ4v) is 2.66. The second-order valence-electron chi connectivity index (χ2n) is 5.74. The van der Waals surface area contributed by atoms with Crippen LogP contribution in [0.3, 0.4) is 0 Å². The van der Waals surface area contributed by atoms with Crippen LogP contribution in [0.25, 0.3) is 0 Å². The summed E-state index contributed by atoms with van der Waals surface area (Å²) < 4.78 is 77.0. The van der Waals surface area contributed by atoms with Crippen LogP contribution in [-0.2, 0) is 12.4 Å². The summed E-state index contributed by atoms with van der Waals surface area (Å²) >= 11 is 0.